The number of fused-ring (bicyclic) bond motifs is 4. The third-order valence-corrected chi connectivity index (χ3v) is 15.1. The molecule has 6 aromatic heterocycles. The van der Waals surface area contributed by atoms with Crippen LogP contribution in [0.5, 0.6) is 0 Å². The number of hydroxylamine groups is 1. The quantitative estimate of drug-likeness (QED) is 0.00924. The molecule has 7 heterocycles. The minimum absolute atomic E-state index is 0.100. The van der Waals surface area contributed by atoms with Gasteiger partial charge in [-0.05, 0) is 106 Å². The summed E-state index contributed by atoms with van der Waals surface area (Å²) in [5.41, 5.74) is 7.95. The maximum absolute atomic E-state index is 14.4. The number of carbonyl (C=O) groups is 2. The van der Waals surface area contributed by atoms with Gasteiger partial charge in [-0.15, -0.1) is 0 Å². The summed E-state index contributed by atoms with van der Waals surface area (Å²) in [6.07, 6.45) is 16.0. The molecule has 4 aromatic carbocycles. The fraction of sp³-hybridized carbons (Fsp3) is 0.355. The Kier molecular flexibility index (Phi) is 24.7. The van der Waals surface area contributed by atoms with Crippen molar-refractivity contribution in [1.82, 2.24) is 64.0 Å². The number of amides is 1. The summed E-state index contributed by atoms with van der Waals surface area (Å²) >= 11 is 5.30. The number of hydrogen-bond donors (Lipinski definition) is 7. The van der Waals surface area contributed by atoms with Gasteiger partial charge in [-0.1, -0.05) is 75.2 Å². The van der Waals surface area contributed by atoms with Crippen molar-refractivity contribution < 1.29 is 37.5 Å². The molecule has 1 unspecified atom stereocenters. The van der Waals surface area contributed by atoms with Crippen LogP contribution in [0.2, 0.25) is 0 Å². The first kappa shape index (κ1) is 65.9. The number of benzene rings is 4. The summed E-state index contributed by atoms with van der Waals surface area (Å²) in [4.78, 5) is 91.0. The van der Waals surface area contributed by atoms with Crippen molar-refractivity contribution in [3.05, 3.63) is 155 Å². The van der Waals surface area contributed by atoms with Crippen molar-refractivity contribution in [1.29, 1.82) is 0 Å². The molecular weight excluding hydrogens is 1480 g/mol. The average Bonchev–Trinajstić information content (AvgIpc) is 4.47. The molecule has 0 saturated carbocycles. The molecule has 1 amide bonds. The topological polar surface area (TPSA) is 301 Å². The van der Waals surface area contributed by atoms with E-state index < -0.39 is 0 Å². The standard InChI is InChI=1S/C34H40N8O4.C28H31N9O3.I3/c1-3-24(39-31-30-33(37-21-36-31)41(22-38-30)27-17-9-11-20-46-27)32-40-26-16-12-15-25(35-19-10-5-8-18-28(43)45-2)29(26)34(44)42(32)23-13-6-4-7-14-23;1-2-19(34-26-24-25(31-16-30-24)32-17-33-26)27-35-21-13-9-12-20(29-15-8-4-7-14-22(38)36-40)23(21)28(39)37(27)18-10-5-3-6-11-18;1-3-2/h4,6-7,12-16,21-22,24,27,35H,3,5,8-11,17-20H2,1-2H3,(H,36,37,39);3,5-6,9-13,16-17,19,29,40H,2,4,7-8,14-15H2,1H3,(H,36,38)(H2,30,31,32,33,34);/q;;-1/t24-,27?;19-;/m00./s1. The van der Waals surface area contributed by atoms with Crippen molar-refractivity contribution in [2.75, 3.05) is 48.1 Å². The van der Waals surface area contributed by atoms with Gasteiger partial charge in [0.25, 0.3) is 11.1 Å². The molecule has 7 N–H and O–H groups in total. The van der Waals surface area contributed by atoms with E-state index in [9.17, 15) is 19.2 Å². The number of esters is 1. The molecule has 0 bridgehead atoms. The molecular formula is C62H71I3N17O7-. The molecule has 3 atom stereocenters. The molecule has 1 saturated heterocycles. The van der Waals surface area contributed by atoms with Gasteiger partial charge >= 0.3 is 56.5 Å². The summed E-state index contributed by atoms with van der Waals surface area (Å²) < 4.78 is 16.1. The molecule has 468 valence electrons. The van der Waals surface area contributed by atoms with E-state index in [0.717, 1.165) is 69.3 Å². The average molecular weight is 1550 g/mol. The number of aromatic amines is 1. The van der Waals surface area contributed by atoms with E-state index in [1.165, 1.54) is 19.8 Å². The number of unbranched alkanes of at least 4 members (excludes halogenated alkanes) is 4. The van der Waals surface area contributed by atoms with Crippen molar-refractivity contribution >= 4 is 116 Å². The van der Waals surface area contributed by atoms with Crippen LogP contribution < -0.4 is 51.1 Å². The van der Waals surface area contributed by atoms with E-state index in [1.807, 2.05) is 115 Å². The molecule has 10 aromatic rings. The zero-order valence-corrected chi connectivity index (χ0v) is 56.0. The minimum atomic E-state index is -0.390. The van der Waals surface area contributed by atoms with Crippen LogP contribution in [-0.2, 0) is 19.1 Å². The number of H-pyrrole nitrogens is 1. The van der Waals surface area contributed by atoms with Crippen LogP contribution in [0.25, 0.3) is 55.5 Å². The number of aromatic nitrogens is 12. The van der Waals surface area contributed by atoms with Crippen LogP contribution in [-0.4, -0.2) is 102 Å². The molecule has 0 aliphatic carbocycles. The Morgan fingerprint density at radius 3 is 1.81 bits per heavy atom. The van der Waals surface area contributed by atoms with Crippen LogP contribution >= 0.6 is 37.2 Å². The first-order valence-corrected chi connectivity index (χ1v) is 42.2. The molecule has 0 radical (unpaired) electrons. The Labute approximate surface area is 543 Å². The molecule has 1 aliphatic heterocycles. The molecule has 27 heteroatoms. The van der Waals surface area contributed by atoms with Crippen molar-refractivity contribution in [2.24, 2.45) is 0 Å². The normalized spacial score (nSPS) is 13.7. The van der Waals surface area contributed by atoms with E-state index in [-0.39, 0.29) is 47.7 Å². The first-order chi connectivity index (χ1) is 43.6. The summed E-state index contributed by atoms with van der Waals surface area (Å²) in [5.74, 6) is 1.71. The number of carbonyl (C=O) groups excluding carboxylic acids is 2. The first-order valence-electron chi connectivity index (χ1n) is 29.6. The van der Waals surface area contributed by atoms with Crippen molar-refractivity contribution in [2.45, 2.75) is 116 Å². The monoisotopic (exact) mass is 1550 g/mol. The summed E-state index contributed by atoms with van der Waals surface area (Å²) in [7, 11) is 1.41. The number of ether oxygens (including phenoxy) is 2. The predicted molar refractivity (Wildman–Crippen MR) is 358 cm³/mol. The Morgan fingerprint density at radius 2 is 1.26 bits per heavy atom. The number of nitrogens with zero attached hydrogens (tertiary/aromatic N) is 11. The van der Waals surface area contributed by atoms with E-state index in [0.29, 0.717) is 131 Å². The molecule has 89 heavy (non-hydrogen) atoms. The molecule has 0 spiro atoms. The van der Waals surface area contributed by atoms with Gasteiger partial charge < -0.3 is 35.7 Å². The van der Waals surface area contributed by atoms with Gasteiger partial charge in [-0.2, -0.15) is 0 Å². The fourth-order valence-corrected chi connectivity index (χ4v) is 10.7. The summed E-state index contributed by atoms with van der Waals surface area (Å²) in [6, 6.07) is 29.7. The molecule has 1 aliphatic rings. The second-order valence-corrected chi connectivity index (χ2v) is 37.1. The zero-order valence-electron chi connectivity index (χ0n) is 49.5. The second-order valence-electron chi connectivity index (χ2n) is 20.8. The summed E-state index contributed by atoms with van der Waals surface area (Å²) in [6.45, 7) is 6.08. The van der Waals surface area contributed by atoms with Gasteiger partial charge in [-0.25, -0.2) is 45.4 Å². The maximum atomic E-state index is 14.4. The van der Waals surface area contributed by atoms with Gasteiger partial charge in [0.2, 0.25) is 5.91 Å². The Hall–Kier alpha value is -7.49. The predicted octanol–water partition coefficient (Wildman–Crippen LogP) is 8.80. The number of anilines is 4. The summed E-state index contributed by atoms with van der Waals surface area (Å²) in [5, 5.41) is 23.5. The van der Waals surface area contributed by atoms with Gasteiger partial charge in [0, 0.05) is 43.9 Å². The Morgan fingerprint density at radius 1 is 0.697 bits per heavy atom. The third-order valence-electron chi connectivity index (χ3n) is 15.1. The van der Waals surface area contributed by atoms with Crippen LogP contribution in [0.1, 0.15) is 127 Å². The second kappa shape index (κ2) is 33.4. The Bertz CT molecular complexity index is 4070. The number of hydrogen-bond acceptors (Lipinski definition) is 19. The van der Waals surface area contributed by atoms with Crippen LogP contribution in [0, 0.1) is 0 Å². The fourth-order valence-electron chi connectivity index (χ4n) is 10.7. The number of para-hydroxylation sites is 2. The van der Waals surface area contributed by atoms with E-state index in [1.54, 1.807) is 27.3 Å². The van der Waals surface area contributed by atoms with Crippen LogP contribution in [0.3, 0.4) is 0 Å². The van der Waals surface area contributed by atoms with Gasteiger partial charge in [0.1, 0.15) is 36.0 Å². The molecule has 24 nitrogen and oxygen atoms in total. The molecule has 1 fully saturated rings. The number of halogens is 3. The van der Waals surface area contributed by atoms with Crippen molar-refractivity contribution in [3.63, 3.8) is 0 Å². The SMILES string of the molecule is CC[C@H](Nc1ncnc2c1ncn2C1CCCCO1)c1nc2cccc(NCCCCCC(=O)OC)c2c(=O)n1-c1ccccc1.CC[C@H](Nc1ncnc2nc[nH]c12)c1nc2cccc(NCCCCCC(=O)NO)c2c(=O)n1-c1ccccc1.I[I-]I. The van der Waals surface area contributed by atoms with E-state index in [4.69, 9.17) is 24.6 Å². The van der Waals surface area contributed by atoms with Gasteiger partial charge in [0.15, 0.2) is 28.4 Å². The van der Waals surface area contributed by atoms with Crippen LogP contribution in [0.4, 0.5) is 23.0 Å². The third kappa shape index (κ3) is 16.5. The Balaban J connectivity index is 0.000000204. The zero-order chi connectivity index (χ0) is 62.5. The van der Waals surface area contributed by atoms with Gasteiger partial charge in [0.05, 0.1) is 65.0 Å². The van der Waals surface area contributed by atoms with E-state index >= 15 is 0 Å². The number of nitrogens with one attached hydrogen (secondary N) is 6. The number of imidazole rings is 2. The van der Waals surface area contributed by atoms with Crippen molar-refractivity contribution in [3.8, 4) is 11.4 Å². The van der Waals surface area contributed by atoms with Gasteiger partial charge in [-0.3, -0.25) is 38.1 Å². The van der Waals surface area contributed by atoms with E-state index in [2.05, 4.69) is 93.4 Å². The van der Waals surface area contributed by atoms with Crippen LogP contribution in [0.15, 0.2) is 132 Å². The molecule has 11 rings (SSSR count). The number of rotatable bonds is 25. The number of methoxy groups -OCH3 is 1.